The molecule has 0 fully saturated rings. The van der Waals surface area contributed by atoms with Crippen LogP contribution >= 0.6 is 11.6 Å². The lowest BCUT2D eigenvalue weighted by molar-refractivity contribution is 0.378. The Morgan fingerprint density at radius 2 is 1.86 bits per heavy atom. The zero-order valence-corrected chi connectivity index (χ0v) is 13.2. The summed E-state index contributed by atoms with van der Waals surface area (Å²) in [5.41, 5.74) is 1.73. The molecule has 0 saturated carbocycles. The normalized spacial score (nSPS) is 20.4. The molecule has 2 aromatic carbocycles. The van der Waals surface area contributed by atoms with Gasteiger partial charge in [-0.25, -0.2) is 8.42 Å². The lowest BCUT2D eigenvalue weighted by Gasteiger charge is -2.23. The van der Waals surface area contributed by atoms with Crippen LogP contribution in [0.4, 0.5) is 0 Å². The third-order valence-electron chi connectivity index (χ3n) is 3.70. The fraction of sp³-hybridized carbons (Fsp3) is 0.250. The Bertz CT molecular complexity index is 759. The molecule has 3 nitrogen and oxygen atoms in total. The molecule has 1 heterocycles. The van der Waals surface area contributed by atoms with E-state index in [2.05, 4.69) is 0 Å². The van der Waals surface area contributed by atoms with Gasteiger partial charge in [-0.15, -0.1) is 0 Å². The molecule has 110 valence electrons. The monoisotopic (exact) mass is 321 g/mol. The van der Waals surface area contributed by atoms with Gasteiger partial charge in [-0.05, 0) is 35.7 Å². The first kappa shape index (κ1) is 14.6. The highest BCUT2D eigenvalue weighted by Crippen LogP contribution is 2.44. The summed E-state index contributed by atoms with van der Waals surface area (Å²) in [5, 5.41) is 0.559. The van der Waals surface area contributed by atoms with Crippen LogP contribution in [0.25, 0.3) is 0 Å². The van der Waals surface area contributed by atoms with E-state index in [1.54, 1.807) is 22.5 Å². The average Bonchev–Trinajstić information content (AvgIpc) is 2.68. The van der Waals surface area contributed by atoms with E-state index in [0.29, 0.717) is 16.5 Å². The van der Waals surface area contributed by atoms with Crippen LogP contribution in [-0.2, 0) is 10.0 Å². The summed E-state index contributed by atoms with van der Waals surface area (Å²) in [7, 11) is -3.45. The molecular formula is C16H16ClNO2S. The first-order valence-electron chi connectivity index (χ1n) is 6.92. The minimum atomic E-state index is -3.45. The van der Waals surface area contributed by atoms with E-state index < -0.39 is 10.0 Å². The summed E-state index contributed by atoms with van der Waals surface area (Å²) < 4.78 is 27.1. The smallest absolute Gasteiger partial charge is 0.207 e. The van der Waals surface area contributed by atoms with Gasteiger partial charge in [0.05, 0.1) is 10.9 Å². The summed E-state index contributed by atoms with van der Waals surface area (Å²) >= 11 is 6.08. The molecule has 0 saturated heterocycles. The zero-order chi connectivity index (χ0) is 15.0. The predicted octanol–water partition coefficient (Wildman–Crippen LogP) is 3.84. The molecule has 0 N–H and O–H groups in total. The van der Waals surface area contributed by atoms with Gasteiger partial charge in [0.2, 0.25) is 10.0 Å². The summed E-state index contributed by atoms with van der Waals surface area (Å²) in [6.45, 7) is 2.47. The van der Waals surface area contributed by atoms with Crippen molar-refractivity contribution in [2.75, 3.05) is 6.54 Å². The molecule has 0 radical (unpaired) electrons. The highest BCUT2D eigenvalue weighted by molar-refractivity contribution is 7.89. The summed E-state index contributed by atoms with van der Waals surface area (Å²) in [4.78, 5) is 0.370. The molecule has 1 unspecified atom stereocenters. The Kier molecular flexibility index (Phi) is 3.78. The van der Waals surface area contributed by atoms with Gasteiger partial charge in [-0.2, -0.15) is 4.31 Å². The molecule has 0 spiro atoms. The first-order valence-corrected chi connectivity index (χ1v) is 8.73. The molecule has 0 amide bonds. The Balaban J connectivity index is 2.23. The van der Waals surface area contributed by atoms with Gasteiger partial charge in [-0.1, -0.05) is 48.9 Å². The van der Waals surface area contributed by atoms with Crippen molar-refractivity contribution >= 4 is 21.6 Å². The van der Waals surface area contributed by atoms with Crippen molar-refractivity contribution in [1.29, 1.82) is 0 Å². The molecule has 1 aliphatic heterocycles. The molecule has 5 heteroatoms. The Morgan fingerprint density at radius 3 is 2.52 bits per heavy atom. The third kappa shape index (κ3) is 2.37. The highest BCUT2D eigenvalue weighted by atomic mass is 35.5. The second-order valence-corrected chi connectivity index (χ2v) is 7.41. The third-order valence-corrected chi connectivity index (χ3v) is 5.87. The van der Waals surface area contributed by atoms with Crippen LogP contribution < -0.4 is 0 Å². The van der Waals surface area contributed by atoms with E-state index in [0.717, 1.165) is 17.5 Å². The quantitative estimate of drug-likeness (QED) is 0.861. The second-order valence-electron chi connectivity index (χ2n) is 5.11. The number of halogens is 1. The van der Waals surface area contributed by atoms with Crippen molar-refractivity contribution in [3.63, 3.8) is 0 Å². The van der Waals surface area contributed by atoms with Gasteiger partial charge in [0.1, 0.15) is 0 Å². The van der Waals surface area contributed by atoms with E-state index in [9.17, 15) is 8.42 Å². The molecular weight excluding hydrogens is 306 g/mol. The van der Waals surface area contributed by atoms with Crippen molar-refractivity contribution in [3.05, 3.63) is 64.7 Å². The maximum atomic E-state index is 12.8. The fourth-order valence-corrected chi connectivity index (χ4v) is 4.92. The molecule has 2 aromatic rings. The maximum Gasteiger partial charge on any atom is 0.244 e. The number of sulfonamides is 1. The van der Waals surface area contributed by atoms with E-state index in [1.165, 1.54) is 0 Å². The number of nitrogens with zero attached hydrogens (tertiary/aromatic N) is 1. The topological polar surface area (TPSA) is 37.4 Å². The molecule has 21 heavy (non-hydrogen) atoms. The van der Waals surface area contributed by atoms with Crippen molar-refractivity contribution in [2.24, 2.45) is 0 Å². The van der Waals surface area contributed by atoms with Crippen LogP contribution in [0.15, 0.2) is 53.4 Å². The van der Waals surface area contributed by atoms with Crippen molar-refractivity contribution in [3.8, 4) is 0 Å². The fourth-order valence-electron chi connectivity index (χ4n) is 2.84. The molecule has 0 bridgehead atoms. The first-order chi connectivity index (χ1) is 10.1. The number of rotatable bonds is 3. The molecule has 1 aliphatic rings. The van der Waals surface area contributed by atoms with Crippen molar-refractivity contribution in [1.82, 2.24) is 4.31 Å². The SMILES string of the molecule is CCCN1C(c2ccccc2)c2cc(Cl)ccc2S1(=O)=O. The van der Waals surface area contributed by atoms with Crippen molar-refractivity contribution < 1.29 is 8.42 Å². The van der Waals surface area contributed by atoms with Gasteiger partial charge in [-0.3, -0.25) is 0 Å². The van der Waals surface area contributed by atoms with Crippen LogP contribution in [0.1, 0.15) is 30.5 Å². The number of hydrogen-bond acceptors (Lipinski definition) is 2. The zero-order valence-electron chi connectivity index (χ0n) is 11.7. The van der Waals surface area contributed by atoms with Gasteiger partial charge < -0.3 is 0 Å². The number of benzene rings is 2. The van der Waals surface area contributed by atoms with Crippen LogP contribution in [0.2, 0.25) is 5.02 Å². The highest BCUT2D eigenvalue weighted by Gasteiger charge is 2.42. The largest absolute Gasteiger partial charge is 0.244 e. The van der Waals surface area contributed by atoms with E-state index in [4.69, 9.17) is 11.6 Å². The molecule has 3 rings (SSSR count). The predicted molar refractivity (Wildman–Crippen MR) is 83.9 cm³/mol. The second kappa shape index (κ2) is 5.44. The minimum Gasteiger partial charge on any atom is -0.207 e. The molecule has 1 atom stereocenters. The van der Waals surface area contributed by atoms with Crippen LogP contribution in [-0.4, -0.2) is 19.3 Å². The van der Waals surface area contributed by atoms with Gasteiger partial charge >= 0.3 is 0 Å². The Labute approximate surface area is 130 Å². The van der Waals surface area contributed by atoms with Gasteiger partial charge in [0, 0.05) is 11.6 Å². The van der Waals surface area contributed by atoms with Crippen LogP contribution in [0, 0.1) is 0 Å². The summed E-state index contributed by atoms with van der Waals surface area (Å²) in [5.74, 6) is 0. The van der Waals surface area contributed by atoms with E-state index >= 15 is 0 Å². The molecule has 0 aromatic heterocycles. The van der Waals surface area contributed by atoms with Crippen LogP contribution in [0.5, 0.6) is 0 Å². The minimum absolute atomic E-state index is 0.287. The number of fused-ring (bicyclic) bond motifs is 1. The summed E-state index contributed by atoms with van der Waals surface area (Å²) in [6, 6.07) is 14.4. The van der Waals surface area contributed by atoms with E-state index in [1.807, 2.05) is 37.3 Å². The lowest BCUT2D eigenvalue weighted by Crippen LogP contribution is -2.29. The average molecular weight is 322 g/mol. The summed E-state index contributed by atoms with van der Waals surface area (Å²) in [6.07, 6.45) is 0.768. The Hall–Kier alpha value is -1.36. The Morgan fingerprint density at radius 1 is 1.14 bits per heavy atom. The number of hydrogen-bond donors (Lipinski definition) is 0. The standard InChI is InChI=1S/C16H16ClNO2S/c1-2-10-18-16(12-6-4-3-5-7-12)14-11-13(17)8-9-15(14)21(18,19)20/h3-9,11,16H,2,10H2,1H3. The van der Waals surface area contributed by atoms with Crippen molar-refractivity contribution in [2.45, 2.75) is 24.3 Å². The maximum absolute atomic E-state index is 12.8. The van der Waals surface area contributed by atoms with E-state index in [-0.39, 0.29) is 6.04 Å². The van der Waals surface area contributed by atoms with Gasteiger partial charge in [0.25, 0.3) is 0 Å². The molecule has 0 aliphatic carbocycles. The van der Waals surface area contributed by atoms with Crippen LogP contribution in [0.3, 0.4) is 0 Å². The van der Waals surface area contributed by atoms with Gasteiger partial charge in [0.15, 0.2) is 0 Å². The lowest BCUT2D eigenvalue weighted by atomic mass is 9.98.